The highest BCUT2D eigenvalue weighted by Gasteiger charge is 2.23. The van der Waals surface area contributed by atoms with Crippen molar-refractivity contribution >= 4 is 51.0 Å². The molecule has 0 aromatic heterocycles. The van der Waals surface area contributed by atoms with Gasteiger partial charge in [0, 0.05) is 17.3 Å². The second-order valence-corrected chi connectivity index (χ2v) is 7.38. The first-order valence-electron chi connectivity index (χ1n) is 5.53. The lowest BCUT2D eigenvalue weighted by Crippen LogP contribution is -2.26. The summed E-state index contributed by atoms with van der Waals surface area (Å²) in [5.41, 5.74) is -0.369. The SMILES string of the molecule is C#CCSCCNS(=O)(=O)c1cc(Cl)cc(C(=O)O)c1Cl. The number of rotatable bonds is 7. The number of carboxylic acids is 1. The van der Waals surface area contributed by atoms with E-state index in [9.17, 15) is 13.2 Å². The molecule has 0 bridgehead atoms. The Morgan fingerprint density at radius 3 is 2.67 bits per heavy atom. The van der Waals surface area contributed by atoms with Gasteiger partial charge < -0.3 is 5.11 Å². The van der Waals surface area contributed by atoms with E-state index >= 15 is 0 Å². The lowest BCUT2D eigenvalue weighted by Gasteiger charge is -2.10. The Morgan fingerprint density at radius 2 is 2.10 bits per heavy atom. The molecule has 0 spiro atoms. The molecule has 0 atom stereocenters. The maximum Gasteiger partial charge on any atom is 0.337 e. The number of halogens is 2. The summed E-state index contributed by atoms with van der Waals surface area (Å²) in [5.74, 6) is 2.01. The van der Waals surface area contributed by atoms with Crippen LogP contribution in [0.3, 0.4) is 0 Å². The smallest absolute Gasteiger partial charge is 0.337 e. The summed E-state index contributed by atoms with van der Waals surface area (Å²) >= 11 is 13.0. The molecule has 0 aliphatic rings. The predicted molar refractivity (Wildman–Crippen MR) is 84.8 cm³/mol. The van der Waals surface area contributed by atoms with Gasteiger partial charge in [0.15, 0.2) is 0 Å². The molecule has 2 N–H and O–H groups in total. The molecule has 0 fully saturated rings. The number of aromatic carboxylic acids is 1. The summed E-state index contributed by atoms with van der Waals surface area (Å²) in [5, 5.41) is 8.57. The largest absolute Gasteiger partial charge is 0.478 e. The molecule has 0 aliphatic carbocycles. The van der Waals surface area contributed by atoms with Gasteiger partial charge >= 0.3 is 5.97 Å². The van der Waals surface area contributed by atoms with Crippen molar-refractivity contribution < 1.29 is 18.3 Å². The van der Waals surface area contributed by atoms with Crippen LogP contribution in [-0.2, 0) is 10.0 Å². The Balaban J connectivity index is 2.98. The van der Waals surface area contributed by atoms with Crippen molar-refractivity contribution in [3.63, 3.8) is 0 Å². The van der Waals surface area contributed by atoms with Crippen molar-refractivity contribution in [1.29, 1.82) is 0 Å². The Kier molecular flexibility index (Phi) is 6.84. The number of carboxylic acid groups (broad SMARTS) is 1. The van der Waals surface area contributed by atoms with Crippen LogP contribution in [0.15, 0.2) is 17.0 Å². The number of thioether (sulfide) groups is 1. The minimum atomic E-state index is -3.95. The van der Waals surface area contributed by atoms with Crippen LogP contribution in [0.25, 0.3) is 0 Å². The Bertz CT molecular complexity index is 683. The summed E-state index contributed by atoms with van der Waals surface area (Å²) in [6.07, 6.45) is 5.07. The van der Waals surface area contributed by atoms with Crippen molar-refractivity contribution in [2.45, 2.75) is 4.90 Å². The number of sulfonamides is 1. The molecule has 1 aromatic rings. The first-order chi connectivity index (χ1) is 9.79. The first-order valence-corrected chi connectivity index (χ1v) is 8.92. The second kappa shape index (κ2) is 7.92. The highest BCUT2D eigenvalue weighted by molar-refractivity contribution is 7.99. The number of benzene rings is 1. The molecule has 0 radical (unpaired) electrons. The van der Waals surface area contributed by atoms with Gasteiger partial charge in [-0.1, -0.05) is 29.1 Å². The Morgan fingerprint density at radius 1 is 1.43 bits per heavy atom. The third kappa shape index (κ3) is 5.09. The molecule has 0 heterocycles. The van der Waals surface area contributed by atoms with Gasteiger partial charge in [-0.15, -0.1) is 18.2 Å². The fourth-order valence-electron chi connectivity index (χ4n) is 1.37. The summed E-state index contributed by atoms with van der Waals surface area (Å²) in [7, 11) is -3.95. The molecule has 114 valence electrons. The van der Waals surface area contributed by atoms with Crippen LogP contribution in [0.1, 0.15) is 10.4 Å². The fourth-order valence-corrected chi connectivity index (χ4v) is 3.94. The van der Waals surface area contributed by atoms with Crippen molar-refractivity contribution in [2.75, 3.05) is 18.1 Å². The molecule has 21 heavy (non-hydrogen) atoms. The monoisotopic (exact) mass is 367 g/mol. The number of carbonyl (C=O) groups is 1. The summed E-state index contributed by atoms with van der Waals surface area (Å²) in [4.78, 5) is 10.6. The molecule has 0 unspecified atom stereocenters. The quantitative estimate of drug-likeness (QED) is 0.570. The van der Waals surface area contributed by atoms with E-state index in [0.717, 1.165) is 12.1 Å². The zero-order valence-corrected chi connectivity index (χ0v) is 13.7. The number of hydrogen-bond donors (Lipinski definition) is 2. The van der Waals surface area contributed by atoms with Crippen LogP contribution in [0.5, 0.6) is 0 Å². The molecule has 0 saturated heterocycles. The van der Waals surface area contributed by atoms with E-state index in [0.29, 0.717) is 11.5 Å². The fraction of sp³-hybridized carbons (Fsp3) is 0.250. The van der Waals surface area contributed by atoms with E-state index in [4.69, 9.17) is 34.7 Å². The maximum atomic E-state index is 12.1. The lowest BCUT2D eigenvalue weighted by molar-refractivity contribution is 0.0697. The Labute approximate surface area is 137 Å². The van der Waals surface area contributed by atoms with E-state index in [-0.39, 0.29) is 27.0 Å². The van der Waals surface area contributed by atoms with Gasteiger partial charge in [-0.2, -0.15) is 0 Å². The minimum Gasteiger partial charge on any atom is -0.478 e. The van der Waals surface area contributed by atoms with Crippen molar-refractivity contribution in [1.82, 2.24) is 4.72 Å². The topological polar surface area (TPSA) is 83.5 Å². The predicted octanol–water partition coefficient (Wildman–Crippen LogP) is 2.34. The number of terminal acetylenes is 1. The van der Waals surface area contributed by atoms with E-state index in [1.165, 1.54) is 11.8 Å². The zero-order chi connectivity index (χ0) is 16.0. The Hall–Kier alpha value is -0.910. The van der Waals surface area contributed by atoms with Crippen molar-refractivity contribution in [3.05, 3.63) is 27.7 Å². The molecule has 0 amide bonds. The van der Waals surface area contributed by atoms with Crippen molar-refractivity contribution in [2.24, 2.45) is 0 Å². The standard InChI is InChI=1S/C12H11Cl2NO4S2/c1-2-4-20-5-3-15-21(18,19)10-7-8(13)6-9(11(10)14)12(16)17/h1,6-7,15H,3-5H2,(H,16,17). The second-order valence-electron chi connectivity index (χ2n) is 3.73. The van der Waals surface area contributed by atoms with Gasteiger partial charge in [0.1, 0.15) is 4.90 Å². The molecular formula is C12H11Cl2NO4S2. The van der Waals surface area contributed by atoms with Crippen LogP contribution in [0.2, 0.25) is 10.0 Å². The van der Waals surface area contributed by atoms with Gasteiger partial charge in [-0.05, 0) is 12.1 Å². The van der Waals surface area contributed by atoms with Crippen LogP contribution in [0, 0.1) is 12.3 Å². The summed E-state index contributed by atoms with van der Waals surface area (Å²) in [6, 6.07) is 2.20. The molecule has 0 saturated carbocycles. The molecule has 0 aliphatic heterocycles. The molecule has 1 aromatic carbocycles. The summed E-state index contributed by atoms with van der Waals surface area (Å²) < 4.78 is 26.5. The van der Waals surface area contributed by atoms with Gasteiger partial charge in [0.2, 0.25) is 10.0 Å². The van der Waals surface area contributed by atoms with Crippen molar-refractivity contribution in [3.8, 4) is 12.3 Å². The van der Waals surface area contributed by atoms with Gasteiger partial charge in [0.05, 0.1) is 16.3 Å². The zero-order valence-electron chi connectivity index (χ0n) is 10.6. The van der Waals surface area contributed by atoms with Crippen LogP contribution < -0.4 is 4.72 Å². The van der Waals surface area contributed by atoms with Crippen LogP contribution in [0.4, 0.5) is 0 Å². The third-order valence-electron chi connectivity index (χ3n) is 2.25. The van der Waals surface area contributed by atoms with Crippen LogP contribution in [-0.4, -0.2) is 37.5 Å². The van der Waals surface area contributed by atoms with E-state index in [2.05, 4.69) is 10.6 Å². The number of nitrogens with one attached hydrogen (secondary N) is 1. The highest BCUT2D eigenvalue weighted by Crippen LogP contribution is 2.29. The molecular weight excluding hydrogens is 357 g/mol. The number of hydrogen-bond acceptors (Lipinski definition) is 4. The van der Waals surface area contributed by atoms with Crippen LogP contribution >= 0.6 is 35.0 Å². The van der Waals surface area contributed by atoms with E-state index < -0.39 is 16.0 Å². The average molecular weight is 368 g/mol. The van der Waals surface area contributed by atoms with Gasteiger partial charge in [0.25, 0.3) is 0 Å². The van der Waals surface area contributed by atoms with E-state index in [1.54, 1.807) is 0 Å². The molecule has 5 nitrogen and oxygen atoms in total. The van der Waals surface area contributed by atoms with E-state index in [1.807, 2.05) is 0 Å². The minimum absolute atomic E-state index is 0.0288. The molecule has 1 rings (SSSR count). The molecule has 9 heteroatoms. The normalized spacial score (nSPS) is 11.1. The summed E-state index contributed by atoms with van der Waals surface area (Å²) in [6.45, 7) is 0.139. The average Bonchev–Trinajstić information content (AvgIpc) is 2.40. The highest BCUT2D eigenvalue weighted by atomic mass is 35.5. The third-order valence-corrected chi connectivity index (χ3v) is 5.33. The van der Waals surface area contributed by atoms with Gasteiger partial charge in [-0.25, -0.2) is 17.9 Å². The first kappa shape index (κ1) is 18.1. The maximum absolute atomic E-state index is 12.1. The van der Waals surface area contributed by atoms with Gasteiger partial charge in [-0.3, -0.25) is 0 Å². The lowest BCUT2D eigenvalue weighted by atomic mass is 10.2.